The average molecular weight is 257 g/mol. The number of methoxy groups -OCH3 is 2. The lowest BCUT2D eigenvalue weighted by atomic mass is 10.1. The highest BCUT2D eigenvalue weighted by Gasteiger charge is 2.08. The van der Waals surface area contributed by atoms with Crippen molar-refractivity contribution in [3.05, 3.63) is 65.7 Å². The first-order valence-corrected chi connectivity index (χ1v) is 6.27. The molecule has 0 bridgehead atoms. The lowest BCUT2D eigenvalue weighted by molar-refractivity contribution is -0.105. The van der Waals surface area contributed by atoms with Crippen LogP contribution in [0.4, 0.5) is 5.69 Å². The van der Waals surface area contributed by atoms with Crippen LogP contribution < -0.4 is 5.32 Å². The molecule has 0 radical (unpaired) electrons. The van der Waals surface area contributed by atoms with Crippen LogP contribution in [0, 0.1) is 0 Å². The molecule has 19 heavy (non-hydrogen) atoms. The third-order valence-electron chi connectivity index (χ3n) is 2.93. The highest BCUT2D eigenvalue weighted by atomic mass is 16.7. The summed E-state index contributed by atoms with van der Waals surface area (Å²) in [5.74, 6) is 0. The summed E-state index contributed by atoms with van der Waals surface area (Å²) < 4.78 is 10.5. The topological polar surface area (TPSA) is 30.5 Å². The highest BCUT2D eigenvalue weighted by Crippen LogP contribution is 2.21. The van der Waals surface area contributed by atoms with Crippen LogP contribution in [0.3, 0.4) is 0 Å². The maximum atomic E-state index is 5.25. The Morgan fingerprint density at radius 1 is 0.947 bits per heavy atom. The van der Waals surface area contributed by atoms with Crippen molar-refractivity contribution in [2.75, 3.05) is 19.5 Å². The zero-order valence-electron chi connectivity index (χ0n) is 11.3. The van der Waals surface area contributed by atoms with Crippen LogP contribution in [0.1, 0.15) is 17.4 Å². The summed E-state index contributed by atoms with van der Waals surface area (Å²) in [6, 6.07) is 18.4. The van der Waals surface area contributed by atoms with E-state index in [1.54, 1.807) is 14.2 Å². The third-order valence-corrected chi connectivity index (χ3v) is 2.93. The van der Waals surface area contributed by atoms with Gasteiger partial charge in [-0.2, -0.15) is 0 Å². The Hall–Kier alpha value is -1.84. The van der Waals surface area contributed by atoms with Crippen LogP contribution in [-0.4, -0.2) is 14.2 Å². The van der Waals surface area contributed by atoms with Gasteiger partial charge in [-0.1, -0.05) is 42.5 Å². The van der Waals surface area contributed by atoms with Crippen LogP contribution in [0.15, 0.2) is 54.6 Å². The van der Waals surface area contributed by atoms with E-state index >= 15 is 0 Å². The summed E-state index contributed by atoms with van der Waals surface area (Å²) in [5, 5.41) is 3.39. The van der Waals surface area contributed by atoms with Gasteiger partial charge in [0.2, 0.25) is 0 Å². The molecule has 0 aliphatic carbocycles. The zero-order chi connectivity index (χ0) is 13.5. The SMILES string of the molecule is COC(OC)c1cccc(NCc2ccccc2)c1. The number of benzene rings is 2. The summed E-state index contributed by atoms with van der Waals surface area (Å²) in [6.45, 7) is 0.801. The molecule has 0 aliphatic rings. The molecule has 0 aliphatic heterocycles. The molecule has 0 fully saturated rings. The lowest BCUT2D eigenvalue weighted by Crippen LogP contribution is -2.05. The number of hydrogen-bond acceptors (Lipinski definition) is 3. The van der Waals surface area contributed by atoms with Crippen LogP contribution >= 0.6 is 0 Å². The molecule has 3 heteroatoms. The summed E-state index contributed by atoms with van der Waals surface area (Å²) in [6.07, 6.45) is -0.321. The Morgan fingerprint density at radius 2 is 1.68 bits per heavy atom. The van der Waals surface area contributed by atoms with Crippen molar-refractivity contribution in [2.24, 2.45) is 0 Å². The number of nitrogens with one attached hydrogen (secondary N) is 1. The first-order valence-electron chi connectivity index (χ1n) is 6.27. The minimum atomic E-state index is -0.321. The summed E-state index contributed by atoms with van der Waals surface area (Å²) in [4.78, 5) is 0. The molecule has 0 aromatic heterocycles. The van der Waals surface area contributed by atoms with E-state index in [1.165, 1.54) is 5.56 Å². The standard InChI is InChI=1S/C16H19NO2/c1-18-16(19-2)14-9-6-10-15(11-14)17-12-13-7-4-3-5-8-13/h3-11,16-17H,12H2,1-2H3. The Bertz CT molecular complexity index is 495. The molecule has 0 unspecified atom stereocenters. The van der Waals surface area contributed by atoms with E-state index in [0.29, 0.717) is 0 Å². The molecule has 0 spiro atoms. The van der Waals surface area contributed by atoms with Crippen molar-refractivity contribution in [3.63, 3.8) is 0 Å². The van der Waals surface area contributed by atoms with Gasteiger partial charge in [0.05, 0.1) is 0 Å². The fourth-order valence-electron chi connectivity index (χ4n) is 1.96. The molecule has 0 atom stereocenters. The molecule has 2 aromatic rings. The number of anilines is 1. The molecule has 0 saturated heterocycles. The molecular formula is C16H19NO2. The van der Waals surface area contributed by atoms with E-state index in [1.807, 2.05) is 42.5 Å². The molecule has 2 rings (SSSR count). The monoisotopic (exact) mass is 257 g/mol. The van der Waals surface area contributed by atoms with Crippen molar-refractivity contribution in [1.29, 1.82) is 0 Å². The van der Waals surface area contributed by atoms with Crippen molar-refractivity contribution < 1.29 is 9.47 Å². The van der Waals surface area contributed by atoms with Gasteiger partial charge in [0, 0.05) is 32.0 Å². The van der Waals surface area contributed by atoms with Crippen LogP contribution in [0.5, 0.6) is 0 Å². The van der Waals surface area contributed by atoms with Crippen LogP contribution in [-0.2, 0) is 16.0 Å². The smallest absolute Gasteiger partial charge is 0.183 e. The molecule has 1 N–H and O–H groups in total. The van der Waals surface area contributed by atoms with E-state index in [0.717, 1.165) is 17.8 Å². The highest BCUT2D eigenvalue weighted by molar-refractivity contribution is 5.46. The van der Waals surface area contributed by atoms with E-state index in [2.05, 4.69) is 17.4 Å². The van der Waals surface area contributed by atoms with Crippen molar-refractivity contribution in [2.45, 2.75) is 12.8 Å². The third kappa shape index (κ3) is 3.81. The summed E-state index contributed by atoms with van der Waals surface area (Å²) in [7, 11) is 3.27. The second-order valence-corrected chi connectivity index (χ2v) is 4.27. The van der Waals surface area contributed by atoms with Gasteiger partial charge in [0.15, 0.2) is 6.29 Å². The van der Waals surface area contributed by atoms with Crippen LogP contribution in [0.25, 0.3) is 0 Å². The molecule has 100 valence electrons. The molecule has 3 nitrogen and oxygen atoms in total. The number of ether oxygens (including phenoxy) is 2. The van der Waals surface area contributed by atoms with Crippen molar-refractivity contribution in [3.8, 4) is 0 Å². The fraction of sp³-hybridized carbons (Fsp3) is 0.250. The zero-order valence-corrected chi connectivity index (χ0v) is 11.3. The Morgan fingerprint density at radius 3 is 2.37 bits per heavy atom. The van der Waals surface area contributed by atoms with Crippen molar-refractivity contribution >= 4 is 5.69 Å². The second kappa shape index (κ2) is 6.92. The maximum absolute atomic E-state index is 5.25. The minimum absolute atomic E-state index is 0.321. The van der Waals surface area contributed by atoms with Gasteiger partial charge < -0.3 is 14.8 Å². The summed E-state index contributed by atoms with van der Waals surface area (Å²) in [5.41, 5.74) is 3.31. The minimum Gasteiger partial charge on any atom is -0.381 e. The first-order chi connectivity index (χ1) is 9.33. The second-order valence-electron chi connectivity index (χ2n) is 4.27. The first kappa shape index (κ1) is 13.6. The quantitative estimate of drug-likeness (QED) is 0.802. The van der Waals surface area contributed by atoms with Gasteiger partial charge in [-0.05, 0) is 17.7 Å². The Balaban J connectivity index is 2.03. The van der Waals surface area contributed by atoms with Crippen LogP contribution in [0.2, 0.25) is 0 Å². The molecule has 0 amide bonds. The van der Waals surface area contributed by atoms with Gasteiger partial charge in [0.1, 0.15) is 0 Å². The largest absolute Gasteiger partial charge is 0.381 e. The Kier molecular flexibility index (Phi) is 4.95. The lowest BCUT2D eigenvalue weighted by Gasteiger charge is -2.15. The van der Waals surface area contributed by atoms with Gasteiger partial charge in [-0.15, -0.1) is 0 Å². The average Bonchev–Trinajstić information content (AvgIpc) is 2.48. The predicted octanol–water partition coefficient (Wildman–Crippen LogP) is 3.59. The molecule has 2 aromatic carbocycles. The Labute approximate surface area is 114 Å². The van der Waals surface area contributed by atoms with Gasteiger partial charge >= 0.3 is 0 Å². The normalized spacial score (nSPS) is 10.7. The van der Waals surface area contributed by atoms with E-state index < -0.39 is 0 Å². The predicted molar refractivity (Wildman–Crippen MR) is 77.0 cm³/mol. The van der Waals surface area contributed by atoms with E-state index in [-0.39, 0.29) is 6.29 Å². The van der Waals surface area contributed by atoms with Gasteiger partial charge in [-0.25, -0.2) is 0 Å². The molecule has 0 heterocycles. The number of hydrogen-bond donors (Lipinski definition) is 1. The van der Waals surface area contributed by atoms with E-state index in [9.17, 15) is 0 Å². The van der Waals surface area contributed by atoms with Gasteiger partial charge in [0.25, 0.3) is 0 Å². The maximum Gasteiger partial charge on any atom is 0.183 e. The summed E-state index contributed by atoms with van der Waals surface area (Å²) >= 11 is 0. The van der Waals surface area contributed by atoms with Crippen molar-refractivity contribution in [1.82, 2.24) is 0 Å². The number of rotatable bonds is 6. The fourth-order valence-corrected chi connectivity index (χ4v) is 1.96. The molecular weight excluding hydrogens is 238 g/mol. The molecule has 0 saturated carbocycles. The van der Waals surface area contributed by atoms with E-state index in [4.69, 9.17) is 9.47 Å². The van der Waals surface area contributed by atoms with Gasteiger partial charge in [-0.3, -0.25) is 0 Å².